The number of fused-ring (bicyclic) bond motifs is 3. The predicted octanol–water partition coefficient (Wildman–Crippen LogP) is 6.79. The van der Waals surface area contributed by atoms with Crippen LogP contribution in [0.4, 0.5) is 15.8 Å². The molecular formula is C68H86FN9O18. The zero-order valence-corrected chi connectivity index (χ0v) is 55.1. The molecule has 0 spiro atoms. The Hall–Kier alpha value is -9.60. The highest BCUT2D eigenvalue weighted by molar-refractivity contribution is 6.27. The summed E-state index contributed by atoms with van der Waals surface area (Å²) in [5.74, 6) is -8.76. The molecule has 6 heterocycles. The average Bonchev–Trinajstić information content (AvgIpc) is 1.62. The highest BCUT2D eigenvalue weighted by Crippen LogP contribution is 2.35. The van der Waals surface area contributed by atoms with Crippen LogP contribution in [0.1, 0.15) is 239 Å². The van der Waals surface area contributed by atoms with Crippen molar-refractivity contribution in [2.24, 2.45) is 5.73 Å². The molecule has 9 rings (SSSR count). The number of rotatable bonds is 25. The number of benzene rings is 3. The number of piperidine rings is 3. The summed E-state index contributed by atoms with van der Waals surface area (Å²) in [6.07, 6.45) is 12.2. The Bertz CT molecular complexity index is 3500. The van der Waals surface area contributed by atoms with Crippen molar-refractivity contribution in [3.63, 3.8) is 0 Å². The lowest BCUT2D eigenvalue weighted by atomic mass is 10.0. The molecule has 8 N–H and O–H groups in total. The highest BCUT2D eigenvalue weighted by Gasteiger charge is 2.48. The molecule has 0 radical (unpaired) electrons. The number of carbonyl (C=O) groups excluding carboxylic acids is 14. The van der Waals surface area contributed by atoms with Crippen molar-refractivity contribution in [3.8, 4) is 0 Å². The minimum absolute atomic E-state index is 0.0340. The number of carboxylic acids is 1. The van der Waals surface area contributed by atoms with Gasteiger partial charge >= 0.3 is 17.9 Å². The van der Waals surface area contributed by atoms with Crippen molar-refractivity contribution in [2.75, 3.05) is 30.3 Å². The summed E-state index contributed by atoms with van der Waals surface area (Å²) >= 11 is 0. The van der Waals surface area contributed by atoms with E-state index in [2.05, 4.69) is 26.6 Å². The van der Waals surface area contributed by atoms with Crippen molar-refractivity contribution in [1.29, 1.82) is 0 Å². The first-order valence-electron chi connectivity index (χ1n) is 32.5. The van der Waals surface area contributed by atoms with Crippen LogP contribution in [0.3, 0.4) is 0 Å². The average molecular weight is 1340 g/mol. The molecule has 6 aliphatic rings. The lowest BCUT2D eigenvalue weighted by molar-refractivity contribution is -0.156. The Morgan fingerprint density at radius 1 is 0.469 bits per heavy atom. The Morgan fingerprint density at radius 3 is 1.12 bits per heavy atom. The molecular weight excluding hydrogens is 1250 g/mol. The van der Waals surface area contributed by atoms with E-state index in [1.54, 1.807) is 36.4 Å². The van der Waals surface area contributed by atoms with E-state index in [4.69, 9.17) is 20.3 Å². The van der Waals surface area contributed by atoms with Crippen molar-refractivity contribution in [1.82, 2.24) is 30.7 Å². The molecule has 3 fully saturated rings. The summed E-state index contributed by atoms with van der Waals surface area (Å²) in [4.78, 5) is 182. The third kappa shape index (κ3) is 20.7. The van der Waals surface area contributed by atoms with Gasteiger partial charge in [0.25, 0.3) is 35.4 Å². The monoisotopic (exact) mass is 1340 g/mol. The molecule has 12 amide bonds. The van der Waals surface area contributed by atoms with E-state index in [1.165, 1.54) is 12.1 Å². The van der Waals surface area contributed by atoms with E-state index >= 15 is 0 Å². The Kier molecular flexibility index (Phi) is 27.3. The fourth-order valence-corrected chi connectivity index (χ4v) is 11.3. The second-order valence-corrected chi connectivity index (χ2v) is 25.7. The number of hydrogen-bond acceptors (Lipinski definition) is 20. The van der Waals surface area contributed by atoms with Gasteiger partial charge < -0.3 is 30.9 Å². The first-order chi connectivity index (χ1) is 45.4. The van der Waals surface area contributed by atoms with Crippen LogP contribution in [0, 0.1) is 5.82 Å². The minimum Gasteiger partial charge on any atom is -0.481 e. The molecule has 0 aliphatic carbocycles. The van der Waals surface area contributed by atoms with E-state index in [0.29, 0.717) is 43.7 Å². The smallest absolute Gasteiger partial charge is 0.306 e. The van der Waals surface area contributed by atoms with Gasteiger partial charge in [0.05, 0.1) is 33.4 Å². The number of ether oxygens (including phenoxy) is 2. The summed E-state index contributed by atoms with van der Waals surface area (Å²) in [5, 5.41) is 21.5. The summed E-state index contributed by atoms with van der Waals surface area (Å²) in [6, 6.07) is 10.7. The number of nitrogens with one attached hydrogen (secondary N) is 5. The van der Waals surface area contributed by atoms with E-state index in [9.17, 15) is 76.3 Å². The number of halogens is 1. The normalized spacial score (nSPS) is 18.2. The van der Waals surface area contributed by atoms with E-state index in [1.807, 2.05) is 41.5 Å². The molecule has 27 nitrogen and oxygen atoms in total. The third-order valence-corrected chi connectivity index (χ3v) is 15.8. The van der Waals surface area contributed by atoms with E-state index in [0.717, 1.165) is 97.9 Å². The SMILES string of the molecule is CC(C)(C)OC(=O)CCCCCCN.CC(C)(C)OC(=O)CCCCCCNc1cccc2c1C(=O)N(C1CCC(=O)NC1=O)C2=O.O=C(O)CCCCCCNc1cccc2c1C(=O)N(C1CCC(=O)NC1=O)C2=O.O=C1CCC(N2C(=O)c3cccc(F)c3C2=O)C(=O)N1. The van der Waals surface area contributed by atoms with Crippen LogP contribution in [0.15, 0.2) is 54.6 Å². The third-order valence-electron chi connectivity index (χ3n) is 15.8. The van der Waals surface area contributed by atoms with Crippen molar-refractivity contribution < 1.29 is 90.9 Å². The van der Waals surface area contributed by atoms with Gasteiger partial charge in [-0.05, 0) is 142 Å². The van der Waals surface area contributed by atoms with Gasteiger partial charge in [-0.3, -0.25) is 103 Å². The number of imide groups is 6. The highest BCUT2D eigenvalue weighted by atomic mass is 19.1. The van der Waals surface area contributed by atoms with Gasteiger partial charge in [-0.2, -0.15) is 0 Å². The van der Waals surface area contributed by atoms with Gasteiger partial charge in [-0.25, -0.2) is 4.39 Å². The van der Waals surface area contributed by atoms with E-state index in [-0.39, 0.29) is 95.9 Å². The number of aliphatic carboxylic acids is 1. The minimum atomic E-state index is -1.07. The van der Waals surface area contributed by atoms with Crippen LogP contribution in [0.5, 0.6) is 0 Å². The molecule has 6 aliphatic heterocycles. The number of nitrogens with zero attached hydrogens (tertiary/aromatic N) is 3. The molecule has 3 saturated heterocycles. The maximum absolute atomic E-state index is 13.7. The lowest BCUT2D eigenvalue weighted by Crippen LogP contribution is -2.54. The second-order valence-electron chi connectivity index (χ2n) is 25.7. The Labute approximate surface area is 555 Å². The molecule has 518 valence electrons. The Morgan fingerprint density at radius 2 is 0.792 bits per heavy atom. The fourth-order valence-electron chi connectivity index (χ4n) is 11.3. The fraction of sp³-hybridized carbons (Fsp3) is 0.515. The van der Waals surface area contributed by atoms with Crippen molar-refractivity contribution in [2.45, 2.75) is 206 Å². The van der Waals surface area contributed by atoms with Crippen LogP contribution in [0.2, 0.25) is 0 Å². The topological polar surface area (TPSA) is 391 Å². The van der Waals surface area contributed by atoms with Crippen LogP contribution in [0.25, 0.3) is 0 Å². The van der Waals surface area contributed by atoms with Crippen molar-refractivity contribution >= 4 is 100 Å². The van der Waals surface area contributed by atoms with Gasteiger partial charge in [0.2, 0.25) is 35.4 Å². The van der Waals surface area contributed by atoms with Gasteiger partial charge in [-0.15, -0.1) is 0 Å². The van der Waals surface area contributed by atoms with Gasteiger partial charge in [0.15, 0.2) is 0 Å². The molecule has 0 bridgehead atoms. The van der Waals surface area contributed by atoms with E-state index < -0.39 is 106 Å². The van der Waals surface area contributed by atoms with Crippen LogP contribution >= 0.6 is 0 Å². The molecule has 0 saturated carbocycles. The molecule has 96 heavy (non-hydrogen) atoms. The standard InChI is InChI=1S/C24H31N3O6.C20H23N3O6.C13H9FN2O4.C11H23NO2/c1-24(2,3)33-19(29)11-6-4-5-7-14-25-16-10-8-9-15-20(16)23(32)27(22(15)31)17-12-13-18(28)26-21(17)30;24-15-10-9-14(18(27)22-15)23-19(28)12-6-5-7-13(17(12)20(23)29)21-11-4-2-1-3-8-16(25)26;14-7-3-1-2-6-10(7)13(20)16(12(6)19)8-4-5-9(17)15-11(8)18;1-11(2,3)14-10(13)8-6-4-5-7-9-12/h8-10,17,25H,4-7,11-14H2,1-3H3,(H,26,28,30);5-7,14,21H,1-4,8-11H2,(H,25,26)(H,22,24,27);1-3,8H,4-5H2,(H,15,17,18);4-9,12H2,1-3H3. The number of amides is 12. The molecule has 0 aromatic heterocycles. The van der Waals surface area contributed by atoms with Crippen molar-refractivity contribution in [3.05, 3.63) is 93.8 Å². The van der Waals surface area contributed by atoms with Crippen LogP contribution in [-0.2, 0) is 52.6 Å². The summed E-state index contributed by atoms with van der Waals surface area (Å²) in [6.45, 7) is 13.1. The number of carbonyl (C=O) groups is 15. The first kappa shape index (κ1) is 75.4. The number of nitrogens with two attached hydrogens (primary N) is 1. The predicted molar refractivity (Wildman–Crippen MR) is 344 cm³/mol. The quantitative estimate of drug-likeness (QED) is 0.0261. The zero-order chi connectivity index (χ0) is 70.6. The molecule has 28 heteroatoms. The molecule has 3 aromatic rings. The largest absolute Gasteiger partial charge is 0.481 e. The molecule has 3 atom stereocenters. The summed E-state index contributed by atoms with van der Waals surface area (Å²) in [5.41, 5.74) is 6.25. The number of hydrogen-bond donors (Lipinski definition) is 7. The summed E-state index contributed by atoms with van der Waals surface area (Å²) in [7, 11) is 0. The Balaban J connectivity index is 0.000000212. The number of anilines is 2. The first-order valence-corrected chi connectivity index (χ1v) is 32.5. The number of carboxylic acid groups (broad SMARTS) is 1. The number of unbranched alkanes of at least 4 members (excludes halogenated alkanes) is 9. The molecule has 3 aromatic carbocycles. The van der Waals surface area contributed by atoms with Gasteiger partial charge in [0, 0.05) is 63.0 Å². The molecule has 3 unspecified atom stereocenters. The maximum Gasteiger partial charge on any atom is 0.306 e. The number of esters is 2. The van der Waals surface area contributed by atoms with Gasteiger partial charge in [0.1, 0.15) is 35.1 Å². The van der Waals surface area contributed by atoms with Crippen LogP contribution < -0.4 is 32.3 Å². The summed E-state index contributed by atoms with van der Waals surface area (Å²) < 4.78 is 24.1. The van der Waals surface area contributed by atoms with Gasteiger partial charge in [-0.1, -0.05) is 56.7 Å². The second kappa shape index (κ2) is 34.7. The maximum atomic E-state index is 13.7. The lowest BCUT2D eigenvalue weighted by Gasteiger charge is -2.27. The van der Waals surface area contributed by atoms with Crippen LogP contribution in [-0.4, -0.2) is 158 Å². The zero-order valence-electron chi connectivity index (χ0n) is 55.1.